The van der Waals surface area contributed by atoms with Crippen LogP contribution in [0.2, 0.25) is 0 Å². The zero-order chi connectivity index (χ0) is 16.2. The molecule has 0 N–H and O–H groups in total. The molecule has 0 saturated heterocycles. The molecule has 0 fully saturated rings. The summed E-state index contributed by atoms with van der Waals surface area (Å²) in [7, 11) is 1.82. The summed E-state index contributed by atoms with van der Waals surface area (Å²) in [6.07, 6.45) is 4.24. The smallest absolute Gasteiger partial charge is 0.247 e. The summed E-state index contributed by atoms with van der Waals surface area (Å²) >= 11 is 3.29. The van der Waals surface area contributed by atoms with E-state index in [4.69, 9.17) is 0 Å². The van der Waals surface area contributed by atoms with Gasteiger partial charge in [-0.25, -0.2) is 4.98 Å². The first-order valence-corrected chi connectivity index (χ1v) is 9.17. The quantitative estimate of drug-likeness (QED) is 0.684. The number of likely N-dealkylation sites (N-methyl/N-ethyl adjacent to an activating group) is 1. The average molecular weight is 346 g/mol. The predicted octanol–water partition coefficient (Wildman–Crippen LogP) is 3.68. The van der Waals surface area contributed by atoms with Crippen molar-refractivity contribution in [3.63, 3.8) is 0 Å². The first-order chi connectivity index (χ1) is 11.2. The summed E-state index contributed by atoms with van der Waals surface area (Å²) in [4.78, 5) is 20.2. The van der Waals surface area contributed by atoms with Crippen molar-refractivity contribution in [2.24, 2.45) is 0 Å². The zero-order valence-electron chi connectivity index (χ0n) is 13.0. The van der Waals surface area contributed by atoms with E-state index in [1.165, 1.54) is 4.88 Å². The van der Waals surface area contributed by atoms with E-state index >= 15 is 0 Å². The number of amides is 1. The highest BCUT2D eigenvalue weighted by molar-refractivity contribution is 7.20. The summed E-state index contributed by atoms with van der Waals surface area (Å²) in [6.45, 7) is 2.51. The Labute approximate surface area is 143 Å². The number of nitrogens with zero attached hydrogens (tertiary/aromatic N) is 4. The molecule has 0 aromatic carbocycles. The Balaban J connectivity index is 1.69. The van der Waals surface area contributed by atoms with Gasteiger partial charge in [0.15, 0.2) is 0 Å². The summed E-state index contributed by atoms with van der Waals surface area (Å²) in [5.74, 6) is 0.0573. The molecule has 1 amide bonds. The number of hydrogen-bond acceptors (Lipinski definition) is 5. The topological polar surface area (TPSA) is 51.0 Å². The van der Waals surface area contributed by atoms with Crippen LogP contribution in [0.25, 0.3) is 9.88 Å². The highest BCUT2D eigenvalue weighted by atomic mass is 32.1. The predicted molar refractivity (Wildman–Crippen MR) is 93.5 cm³/mol. The Kier molecular flexibility index (Phi) is 4.88. The lowest BCUT2D eigenvalue weighted by molar-refractivity contribution is -0.134. The van der Waals surface area contributed by atoms with Crippen LogP contribution in [0.3, 0.4) is 0 Å². The molecule has 1 unspecified atom stereocenters. The molecule has 0 radical (unpaired) electrons. The molecule has 0 saturated carbocycles. The molecule has 1 atom stereocenters. The Morgan fingerprint density at radius 2 is 2.26 bits per heavy atom. The van der Waals surface area contributed by atoms with E-state index in [-0.39, 0.29) is 11.9 Å². The van der Waals surface area contributed by atoms with Gasteiger partial charge in [-0.1, -0.05) is 13.0 Å². The number of carbonyl (C=O) groups is 1. The Morgan fingerprint density at radius 3 is 2.91 bits per heavy atom. The van der Waals surface area contributed by atoms with Crippen molar-refractivity contribution in [2.75, 3.05) is 7.05 Å². The van der Waals surface area contributed by atoms with Gasteiger partial charge in [-0.05, 0) is 23.9 Å². The molecular weight excluding hydrogens is 328 g/mol. The highest BCUT2D eigenvalue weighted by Gasteiger charge is 2.23. The van der Waals surface area contributed by atoms with Gasteiger partial charge in [-0.2, -0.15) is 5.10 Å². The van der Waals surface area contributed by atoms with Gasteiger partial charge < -0.3 is 4.90 Å². The van der Waals surface area contributed by atoms with Crippen LogP contribution in [0.4, 0.5) is 0 Å². The minimum absolute atomic E-state index is 0.0573. The Bertz CT molecular complexity index is 749. The molecule has 0 bridgehead atoms. The van der Waals surface area contributed by atoms with Crippen LogP contribution in [0.15, 0.2) is 41.4 Å². The van der Waals surface area contributed by atoms with Gasteiger partial charge >= 0.3 is 0 Å². The molecular formula is C16H18N4OS2. The van der Waals surface area contributed by atoms with E-state index in [0.717, 1.165) is 10.7 Å². The highest BCUT2D eigenvalue weighted by Crippen LogP contribution is 2.28. The molecule has 23 heavy (non-hydrogen) atoms. The molecule has 7 heteroatoms. The molecule has 0 aliphatic rings. The van der Waals surface area contributed by atoms with Crippen molar-refractivity contribution in [1.29, 1.82) is 0 Å². The first kappa shape index (κ1) is 15.9. The van der Waals surface area contributed by atoms with E-state index in [1.54, 1.807) is 38.5 Å². The fourth-order valence-electron chi connectivity index (χ4n) is 2.41. The fourth-order valence-corrected chi connectivity index (χ4v) is 4.03. The van der Waals surface area contributed by atoms with Crippen molar-refractivity contribution >= 4 is 28.6 Å². The standard InChI is InChI=1S/C16H18N4OS2/c1-3-13(20-8-5-7-17-20)16(21)19(2)10-12-11-23-15(18-12)14-6-4-9-22-14/h4-9,11,13H,3,10H2,1-2H3. The van der Waals surface area contributed by atoms with E-state index in [0.29, 0.717) is 13.0 Å². The number of thiophene rings is 1. The maximum atomic E-state index is 12.7. The third-order valence-corrected chi connectivity index (χ3v) is 5.51. The lowest BCUT2D eigenvalue weighted by Gasteiger charge is -2.22. The van der Waals surface area contributed by atoms with Crippen LogP contribution in [-0.4, -0.2) is 32.6 Å². The van der Waals surface area contributed by atoms with Crippen molar-refractivity contribution in [3.8, 4) is 9.88 Å². The van der Waals surface area contributed by atoms with Gasteiger partial charge in [0.05, 0.1) is 17.1 Å². The second-order valence-corrected chi connectivity index (χ2v) is 7.03. The molecule has 3 aromatic heterocycles. The van der Waals surface area contributed by atoms with Gasteiger partial charge in [-0.15, -0.1) is 22.7 Å². The number of aromatic nitrogens is 3. The molecule has 3 heterocycles. The Hall–Kier alpha value is -1.99. The van der Waals surface area contributed by atoms with E-state index in [9.17, 15) is 4.79 Å². The fraction of sp³-hybridized carbons (Fsp3) is 0.312. The normalized spacial score (nSPS) is 12.3. The minimum atomic E-state index is -0.259. The van der Waals surface area contributed by atoms with Crippen molar-refractivity contribution in [1.82, 2.24) is 19.7 Å². The molecule has 0 aliphatic heterocycles. The minimum Gasteiger partial charge on any atom is -0.338 e. The van der Waals surface area contributed by atoms with Gasteiger partial charge in [0.25, 0.3) is 0 Å². The summed E-state index contributed by atoms with van der Waals surface area (Å²) in [6, 6.07) is 5.66. The van der Waals surface area contributed by atoms with Crippen molar-refractivity contribution in [3.05, 3.63) is 47.0 Å². The lowest BCUT2D eigenvalue weighted by Crippen LogP contribution is -2.34. The van der Waals surface area contributed by atoms with E-state index < -0.39 is 0 Å². The van der Waals surface area contributed by atoms with Gasteiger partial charge in [0.2, 0.25) is 5.91 Å². The average Bonchev–Trinajstić information content (AvgIpc) is 3.29. The maximum Gasteiger partial charge on any atom is 0.247 e. The molecule has 120 valence electrons. The van der Waals surface area contributed by atoms with Crippen LogP contribution >= 0.6 is 22.7 Å². The van der Waals surface area contributed by atoms with Gasteiger partial charge in [0, 0.05) is 24.8 Å². The van der Waals surface area contributed by atoms with E-state index in [2.05, 4.69) is 16.1 Å². The number of rotatable bonds is 6. The SMILES string of the molecule is CCC(C(=O)N(C)Cc1csc(-c2cccs2)n1)n1cccn1. The summed E-state index contributed by atoms with van der Waals surface area (Å²) < 4.78 is 1.72. The van der Waals surface area contributed by atoms with Crippen LogP contribution in [0, 0.1) is 0 Å². The third-order valence-electron chi connectivity index (χ3n) is 3.58. The van der Waals surface area contributed by atoms with Crippen LogP contribution in [0.5, 0.6) is 0 Å². The molecule has 0 aliphatic carbocycles. The molecule has 0 spiro atoms. The first-order valence-electron chi connectivity index (χ1n) is 7.41. The number of hydrogen-bond donors (Lipinski definition) is 0. The van der Waals surface area contributed by atoms with Crippen LogP contribution in [0.1, 0.15) is 25.1 Å². The number of carbonyl (C=O) groups excluding carboxylic acids is 1. The second-order valence-electron chi connectivity index (χ2n) is 5.23. The monoisotopic (exact) mass is 346 g/mol. The lowest BCUT2D eigenvalue weighted by atomic mass is 10.2. The molecule has 3 rings (SSSR count). The van der Waals surface area contributed by atoms with Crippen molar-refractivity contribution in [2.45, 2.75) is 25.9 Å². The maximum absolute atomic E-state index is 12.7. The van der Waals surface area contributed by atoms with Gasteiger partial charge in [0.1, 0.15) is 11.0 Å². The van der Waals surface area contributed by atoms with Gasteiger partial charge in [-0.3, -0.25) is 9.48 Å². The molecule has 5 nitrogen and oxygen atoms in total. The van der Waals surface area contributed by atoms with E-state index in [1.807, 2.05) is 43.1 Å². The van der Waals surface area contributed by atoms with Crippen molar-refractivity contribution < 1.29 is 4.79 Å². The molecule has 3 aromatic rings. The summed E-state index contributed by atoms with van der Waals surface area (Å²) in [5, 5.41) is 9.27. The summed E-state index contributed by atoms with van der Waals surface area (Å²) in [5.41, 5.74) is 0.921. The number of thiazole rings is 1. The third kappa shape index (κ3) is 3.51. The zero-order valence-corrected chi connectivity index (χ0v) is 14.7. The van der Waals surface area contributed by atoms with Crippen LogP contribution < -0.4 is 0 Å². The largest absolute Gasteiger partial charge is 0.338 e. The Morgan fingerprint density at radius 1 is 1.39 bits per heavy atom. The van der Waals surface area contributed by atoms with Crippen LogP contribution in [-0.2, 0) is 11.3 Å². The second kappa shape index (κ2) is 7.06.